The molecule has 1 aromatic carbocycles. The van der Waals surface area contributed by atoms with Gasteiger partial charge in [0.25, 0.3) is 0 Å². The first kappa shape index (κ1) is 11.5. The summed E-state index contributed by atoms with van der Waals surface area (Å²) in [6.45, 7) is 0.341. The first-order chi connectivity index (χ1) is 9.35. The van der Waals surface area contributed by atoms with Gasteiger partial charge in [-0.25, -0.2) is 9.50 Å². The Bertz CT molecular complexity index is 643. The highest BCUT2D eigenvalue weighted by Crippen LogP contribution is 2.17. The van der Waals surface area contributed by atoms with Crippen LogP contribution in [0.25, 0.3) is 5.65 Å². The Kier molecular flexibility index (Phi) is 3.02. The molecule has 0 N–H and O–H groups in total. The van der Waals surface area contributed by atoms with E-state index in [1.54, 1.807) is 11.6 Å². The highest BCUT2D eigenvalue weighted by Gasteiger charge is 2.03. The number of nitrogens with zero attached hydrogens (tertiary/aromatic N) is 3. The van der Waals surface area contributed by atoms with E-state index < -0.39 is 0 Å². The Hall–Kier alpha value is -2.56. The molecule has 0 fully saturated rings. The van der Waals surface area contributed by atoms with Gasteiger partial charge in [-0.05, 0) is 36.4 Å². The van der Waals surface area contributed by atoms with Gasteiger partial charge in [-0.2, -0.15) is 0 Å². The molecule has 0 unspecified atom stereocenters. The summed E-state index contributed by atoms with van der Waals surface area (Å²) in [5.74, 6) is 2.22. The minimum atomic E-state index is 0.341. The third-order valence-electron chi connectivity index (χ3n) is 2.71. The van der Waals surface area contributed by atoms with Crippen LogP contribution in [0, 0.1) is 0 Å². The van der Waals surface area contributed by atoms with Gasteiger partial charge in [0, 0.05) is 6.20 Å². The van der Waals surface area contributed by atoms with Crippen molar-refractivity contribution in [2.24, 2.45) is 0 Å². The number of rotatable bonds is 4. The molecule has 5 heteroatoms. The smallest absolute Gasteiger partial charge is 0.189 e. The van der Waals surface area contributed by atoms with Crippen molar-refractivity contribution in [1.29, 1.82) is 0 Å². The summed E-state index contributed by atoms with van der Waals surface area (Å²) in [5, 5.41) is 4.32. The lowest BCUT2D eigenvalue weighted by atomic mass is 10.3. The topological polar surface area (TPSA) is 48.7 Å². The van der Waals surface area contributed by atoms with E-state index in [1.165, 1.54) is 0 Å². The monoisotopic (exact) mass is 255 g/mol. The van der Waals surface area contributed by atoms with Crippen LogP contribution in [-0.2, 0) is 6.61 Å². The summed E-state index contributed by atoms with van der Waals surface area (Å²) in [7, 11) is 1.64. The second-order valence-electron chi connectivity index (χ2n) is 4.00. The van der Waals surface area contributed by atoms with Crippen molar-refractivity contribution in [3.63, 3.8) is 0 Å². The maximum Gasteiger partial charge on any atom is 0.189 e. The van der Waals surface area contributed by atoms with Gasteiger partial charge < -0.3 is 9.47 Å². The van der Waals surface area contributed by atoms with Gasteiger partial charge >= 0.3 is 0 Å². The first-order valence-electron chi connectivity index (χ1n) is 5.92. The molecular formula is C14H13N3O2. The number of methoxy groups -OCH3 is 1. The van der Waals surface area contributed by atoms with Crippen LogP contribution in [-0.4, -0.2) is 21.7 Å². The van der Waals surface area contributed by atoms with Gasteiger partial charge in [-0.3, -0.25) is 0 Å². The van der Waals surface area contributed by atoms with Crippen molar-refractivity contribution in [3.05, 3.63) is 54.5 Å². The van der Waals surface area contributed by atoms with Gasteiger partial charge in [0.2, 0.25) is 0 Å². The maximum absolute atomic E-state index is 5.63. The molecule has 0 bridgehead atoms. The number of aromatic nitrogens is 3. The summed E-state index contributed by atoms with van der Waals surface area (Å²) in [6.07, 6.45) is 1.86. The lowest BCUT2D eigenvalue weighted by Gasteiger charge is -2.04. The van der Waals surface area contributed by atoms with Crippen LogP contribution in [0.5, 0.6) is 11.5 Å². The van der Waals surface area contributed by atoms with E-state index in [9.17, 15) is 0 Å². The average molecular weight is 255 g/mol. The number of pyridine rings is 1. The molecule has 3 rings (SSSR count). The van der Waals surface area contributed by atoms with Crippen molar-refractivity contribution in [2.75, 3.05) is 7.11 Å². The summed E-state index contributed by atoms with van der Waals surface area (Å²) in [4.78, 5) is 4.36. The van der Waals surface area contributed by atoms with Crippen molar-refractivity contribution >= 4 is 5.65 Å². The van der Waals surface area contributed by atoms with Crippen molar-refractivity contribution in [1.82, 2.24) is 14.6 Å². The highest BCUT2D eigenvalue weighted by atomic mass is 16.5. The maximum atomic E-state index is 5.63. The number of fused-ring (bicyclic) bond motifs is 1. The Morgan fingerprint density at radius 3 is 2.58 bits per heavy atom. The Morgan fingerprint density at radius 2 is 1.84 bits per heavy atom. The molecule has 0 aliphatic heterocycles. The van der Waals surface area contributed by atoms with E-state index in [0.29, 0.717) is 12.4 Å². The molecule has 2 heterocycles. The zero-order chi connectivity index (χ0) is 13.1. The van der Waals surface area contributed by atoms with Crippen LogP contribution in [0.4, 0.5) is 0 Å². The summed E-state index contributed by atoms with van der Waals surface area (Å²) < 4.78 is 12.4. The normalized spacial score (nSPS) is 10.6. The molecule has 0 aliphatic carbocycles. The number of hydrogen-bond donors (Lipinski definition) is 0. The molecule has 0 aliphatic rings. The van der Waals surface area contributed by atoms with Gasteiger partial charge in [0.1, 0.15) is 18.1 Å². The molecule has 0 atom stereocenters. The fourth-order valence-corrected chi connectivity index (χ4v) is 1.76. The summed E-state index contributed by atoms with van der Waals surface area (Å²) >= 11 is 0. The summed E-state index contributed by atoms with van der Waals surface area (Å²) in [6, 6.07) is 13.2. The number of hydrogen-bond acceptors (Lipinski definition) is 4. The van der Waals surface area contributed by atoms with E-state index in [1.807, 2.05) is 48.7 Å². The van der Waals surface area contributed by atoms with E-state index >= 15 is 0 Å². The third-order valence-corrected chi connectivity index (χ3v) is 2.71. The van der Waals surface area contributed by atoms with E-state index in [0.717, 1.165) is 17.1 Å². The molecule has 0 spiro atoms. The molecular weight excluding hydrogens is 242 g/mol. The van der Waals surface area contributed by atoms with Crippen molar-refractivity contribution in [3.8, 4) is 11.5 Å². The van der Waals surface area contributed by atoms with Gasteiger partial charge in [-0.15, -0.1) is 5.10 Å². The molecule has 0 amide bonds. The second-order valence-corrected chi connectivity index (χ2v) is 4.00. The van der Waals surface area contributed by atoms with Crippen LogP contribution in [0.15, 0.2) is 48.7 Å². The molecule has 0 radical (unpaired) electrons. The lowest BCUT2D eigenvalue weighted by Crippen LogP contribution is -1.98. The first-order valence-corrected chi connectivity index (χ1v) is 5.92. The standard InChI is InChI=1S/C14H13N3O2/c1-18-11-5-7-12(8-6-11)19-10-13-15-14-4-2-3-9-17(14)16-13/h2-9H,10H2,1H3. The number of ether oxygens (including phenoxy) is 2. The molecule has 0 saturated heterocycles. The molecule has 0 saturated carbocycles. The fraction of sp³-hybridized carbons (Fsp3) is 0.143. The third kappa shape index (κ3) is 2.49. The average Bonchev–Trinajstić information content (AvgIpc) is 2.88. The van der Waals surface area contributed by atoms with Crippen molar-refractivity contribution in [2.45, 2.75) is 6.61 Å². The van der Waals surface area contributed by atoms with Gasteiger partial charge in [0.05, 0.1) is 7.11 Å². The Labute approximate surface area is 110 Å². The predicted molar refractivity (Wildman–Crippen MR) is 70.3 cm³/mol. The van der Waals surface area contributed by atoms with Crippen molar-refractivity contribution < 1.29 is 9.47 Å². The zero-order valence-corrected chi connectivity index (χ0v) is 10.5. The van der Waals surface area contributed by atoms with Crippen LogP contribution in [0.2, 0.25) is 0 Å². The molecule has 2 aromatic heterocycles. The van der Waals surface area contributed by atoms with Gasteiger partial charge in [0.15, 0.2) is 11.5 Å². The highest BCUT2D eigenvalue weighted by molar-refractivity contribution is 5.36. The minimum absolute atomic E-state index is 0.341. The van der Waals surface area contributed by atoms with E-state index in [2.05, 4.69) is 10.1 Å². The largest absolute Gasteiger partial charge is 0.497 e. The van der Waals surface area contributed by atoms with Crippen LogP contribution in [0.1, 0.15) is 5.82 Å². The van der Waals surface area contributed by atoms with Gasteiger partial charge in [-0.1, -0.05) is 6.07 Å². The molecule has 19 heavy (non-hydrogen) atoms. The van der Waals surface area contributed by atoms with Crippen LogP contribution < -0.4 is 9.47 Å². The van der Waals surface area contributed by atoms with Crippen LogP contribution >= 0.6 is 0 Å². The summed E-state index contributed by atoms with van der Waals surface area (Å²) in [5.41, 5.74) is 0.816. The molecule has 5 nitrogen and oxygen atoms in total. The number of benzene rings is 1. The minimum Gasteiger partial charge on any atom is -0.497 e. The quantitative estimate of drug-likeness (QED) is 0.717. The van der Waals surface area contributed by atoms with Crippen LogP contribution in [0.3, 0.4) is 0 Å². The Morgan fingerprint density at radius 1 is 1.05 bits per heavy atom. The van der Waals surface area contributed by atoms with E-state index in [4.69, 9.17) is 9.47 Å². The predicted octanol–water partition coefficient (Wildman–Crippen LogP) is 2.32. The SMILES string of the molecule is COc1ccc(OCc2nc3ccccn3n2)cc1. The Balaban J connectivity index is 1.70. The second kappa shape index (κ2) is 4.97. The molecule has 96 valence electrons. The van der Waals surface area contributed by atoms with E-state index in [-0.39, 0.29) is 0 Å². The fourth-order valence-electron chi connectivity index (χ4n) is 1.76. The zero-order valence-electron chi connectivity index (χ0n) is 10.5. The lowest BCUT2D eigenvalue weighted by molar-refractivity contribution is 0.295. The molecule has 3 aromatic rings.